The largest absolute Gasteiger partial charge is 0.386 e. The summed E-state index contributed by atoms with van der Waals surface area (Å²) in [5.74, 6) is 0.683. The third-order valence-corrected chi connectivity index (χ3v) is 5.90. The van der Waals surface area contributed by atoms with Gasteiger partial charge in [0.2, 0.25) is 0 Å². The molecule has 0 aliphatic carbocycles. The summed E-state index contributed by atoms with van der Waals surface area (Å²) in [6, 6.07) is 20.3. The predicted molar refractivity (Wildman–Crippen MR) is 139 cm³/mol. The molecule has 0 aliphatic rings. The SMILES string of the molecule is CCNC(=NCc1cccc(-n2cccn2)c1)NCC(O)c1cc2ccccc2s1.I. The molecule has 0 fully saturated rings. The molecule has 1 atom stereocenters. The molecular weight excluding hydrogens is 521 g/mol. The topological polar surface area (TPSA) is 74.5 Å². The molecule has 162 valence electrons. The van der Waals surface area contributed by atoms with Crippen molar-refractivity contribution in [3.8, 4) is 5.69 Å². The van der Waals surface area contributed by atoms with Gasteiger partial charge in [0.15, 0.2) is 5.96 Å². The van der Waals surface area contributed by atoms with E-state index in [4.69, 9.17) is 0 Å². The highest BCUT2D eigenvalue weighted by Crippen LogP contribution is 2.29. The van der Waals surface area contributed by atoms with Crippen molar-refractivity contribution in [3.05, 3.63) is 83.5 Å². The van der Waals surface area contributed by atoms with Crippen LogP contribution >= 0.6 is 35.3 Å². The molecule has 1 unspecified atom stereocenters. The zero-order valence-corrected chi connectivity index (χ0v) is 20.4. The van der Waals surface area contributed by atoms with Crippen LogP contribution < -0.4 is 10.6 Å². The summed E-state index contributed by atoms with van der Waals surface area (Å²) in [4.78, 5) is 5.62. The van der Waals surface area contributed by atoms with Crippen LogP contribution in [0.3, 0.4) is 0 Å². The highest BCUT2D eigenvalue weighted by atomic mass is 127. The summed E-state index contributed by atoms with van der Waals surface area (Å²) in [6.07, 6.45) is 3.10. The lowest BCUT2D eigenvalue weighted by molar-refractivity contribution is 0.184. The molecule has 4 rings (SSSR count). The minimum atomic E-state index is -0.589. The Kier molecular flexibility index (Phi) is 8.44. The van der Waals surface area contributed by atoms with Crippen LogP contribution in [0.25, 0.3) is 15.8 Å². The van der Waals surface area contributed by atoms with E-state index >= 15 is 0 Å². The molecule has 0 spiro atoms. The first kappa shape index (κ1) is 23.2. The van der Waals surface area contributed by atoms with E-state index in [-0.39, 0.29) is 24.0 Å². The molecule has 6 nitrogen and oxygen atoms in total. The van der Waals surface area contributed by atoms with Gasteiger partial charge in [-0.05, 0) is 48.2 Å². The van der Waals surface area contributed by atoms with Crippen molar-refractivity contribution < 1.29 is 5.11 Å². The van der Waals surface area contributed by atoms with Crippen LogP contribution in [-0.4, -0.2) is 33.9 Å². The fraction of sp³-hybridized carbons (Fsp3) is 0.217. The Labute approximate surface area is 203 Å². The normalized spacial score (nSPS) is 12.4. The van der Waals surface area contributed by atoms with Gasteiger partial charge in [0, 0.05) is 35.1 Å². The zero-order valence-electron chi connectivity index (χ0n) is 17.2. The van der Waals surface area contributed by atoms with Gasteiger partial charge < -0.3 is 15.7 Å². The lowest BCUT2D eigenvalue weighted by Crippen LogP contribution is -2.39. The van der Waals surface area contributed by atoms with Gasteiger partial charge in [-0.1, -0.05) is 30.3 Å². The summed E-state index contributed by atoms with van der Waals surface area (Å²) in [5, 5.41) is 22.6. The number of guanidine groups is 1. The maximum absolute atomic E-state index is 10.6. The number of aromatic nitrogens is 2. The number of halogens is 1. The van der Waals surface area contributed by atoms with Crippen LogP contribution in [0.4, 0.5) is 0 Å². The van der Waals surface area contributed by atoms with Crippen molar-refractivity contribution in [1.29, 1.82) is 0 Å². The number of nitrogens with one attached hydrogen (secondary N) is 2. The molecule has 31 heavy (non-hydrogen) atoms. The Hall–Kier alpha value is -2.43. The fourth-order valence-corrected chi connectivity index (χ4v) is 4.24. The van der Waals surface area contributed by atoms with Crippen molar-refractivity contribution >= 4 is 51.4 Å². The predicted octanol–water partition coefficient (Wildman–Crippen LogP) is 4.49. The van der Waals surface area contributed by atoms with E-state index in [9.17, 15) is 5.11 Å². The van der Waals surface area contributed by atoms with Crippen LogP contribution in [0.2, 0.25) is 0 Å². The Morgan fingerprint density at radius 1 is 1.13 bits per heavy atom. The monoisotopic (exact) mass is 547 g/mol. The molecule has 0 bridgehead atoms. The number of hydrogen-bond donors (Lipinski definition) is 3. The smallest absolute Gasteiger partial charge is 0.191 e. The standard InChI is InChI=1S/C23H25N5OS.HI/c1-2-24-23(25-15-17-7-5-9-19(13-17)28-12-6-11-27-28)26-16-20(29)22-14-18-8-3-4-10-21(18)30-22;/h3-14,20,29H,2,15-16H2,1H3,(H2,24,25,26);1H. The molecule has 0 aliphatic heterocycles. The average Bonchev–Trinajstić information content (AvgIpc) is 3.46. The lowest BCUT2D eigenvalue weighted by Gasteiger charge is -2.14. The number of nitrogens with zero attached hydrogens (tertiary/aromatic N) is 3. The number of aliphatic hydroxyl groups excluding tert-OH is 1. The van der Waals surface area contributed by atoms with E-state index in [1.54, 1.807) is 17.5 Å². The molecule has 0 radical (unpaired) electrons. The Balaban J connectivity index is 0.00000272. The number of benzene rings is 2. The second-order valence-corrected chi connectivity index (χ2v) is 8.01. The second kappa shape index (κ2) is 11.3. The van der Waals surface area contributed by atoms with Gasteiger partial charge in [-0.2, -0.15) is 5.10 Å². The fourth-order valence-electron chi connectivity index (χ4n) is 3.19. The van der Waals surface area contributed by atoms with Crippen LogP contribution in [0.5, 0.6) is 0 Å². The summed E-state index contributed by atoms with van der Waals surface area (Å²) in [6.45, 7) is 3.70. The van der Waals surface area contributed by atoms with Crippen LogP contribution in [0.1, 0.15) is 23.5 Å². The van der Waals surface area contributed by atoms with Crippen molar-refractivity contribution in [2.24, 2.45) is 4.99 Å². The number of hydrogen-bond acceptors (Lipinski definition) is 4. The van der Waals surface area contributed by atoms with E-state index in [1.807, 2.05) is 54.2 Å². The Bertz CT molecular complexity index is 1090. The summed E-state index contributed by atoms with van der Waals surface area (Å²) in [5.41, 5.74) is 2.09. The molecular formula is C23H26IN5OS. The number of aliphatic hydroxyl groups is 1. The van der Waals surface area contributed by atoms with Gasteiger partial charge in [0.25, 0.3) is 0 Å². The van der Waals surface area contributed by atoms with Crippen molar-refractivity contribution in [1.82, 2.24) is 20.4 Å². The maximum Gasteiger partial charge on any atom is 0.191 e. The maximum atomic E-state index is 10.6. The average molecular weight is 547 g/mol. The third-order valence-electron chi connectivity index (χ3n) is 4.68. The Morgan fingerprint density at radius 2 is 2.00 bits per heavy atom. The van der Waals surface area contributed by atoms with Gasteiger partial charge in [-0.25, -0.2) is 9.67 Å². The van der Waals surface area contributed by atoms with Crippen LogP contribution in [0, 0.1) is 0 Å². The molecule has 3 N–H and O–H groups in total. The Morgan fingerprint density at radius 3 is 2.77 bits per heavy atom. The van der Waals surface area contributed by atoms with E-state index in [0.717, 1.165) is 28.1 Å². The van der Waals surface area contributed by atoms with E-state index in [1.165, 1.54) is 4.70 Å². The summed E-state index contributed by atoms with van der Waals surface area (Å²) < 4.78 is 3.02. The lowest BCUT2D eigenvalue weighted by atomic mass is 10.2. The van der Waals surface area contributed by atoms with Gasteiger partial charge in [0.1, 0.15) is 6.10 Å². The minimum Gasteiger partial charge on any atom is -0.386 e. The molecule has 0 saturated carbocycles. The van der Waals surface area contributed by atoms with E-state index < -0.39 is 6.10 Å². The molecule has 2 aromatic carbocycles. The van der Waals surface area contributed by atoms with Crippen LogP contribution in [-0.2, 0) is 6.54 Å². The number of aliphatic imine (C=N–C) groups is 1. The molecule has 4 aromatic rings. The third kappa shape index (κ3) is 6.05. The first-order valence-electron chi connectivity index (χ1n) is 10.0. The molecule has 0 amide bonds. The highest BCUT2D eigenvalue weighted by molar-refractivity contribution is 14.0. The summed E-state index contributed by atoms with van der Waals surface area (Å²) >= 11 is 1.62. The van der Waals surface area contributed by atoms with Crippen molar-refractivity contribution in [2.45, 2.75) is 19.6 Å². The highest BCUT2D eigenvalue weighted by Gasteiger charge is 2.12. The van der Waals surface area contributed by atoms with E-state index in [2.05, 4.69) is 45.0 Å². The second-order valence-electron chi connectivity index (χ2n) is 6.90. The van der Waals surface area contributed by atoms with Gasteiger partial charge in [0.05, 0.1) is 12.2 Å². The first-order chi connectivity index (χ1) is 14.7. The first-order valence-corrected chi connectivity index (χ1v) is 10.8. The quantitative estimate of drug-likeness (QED) is 0.181. The molecule has 2 aromatic heterocycles. The summed E-state index contributed by atoms with van der Waals surface area (Å²) in [7, 11) is 0. The molecule has 8 heteroatoms. The minimum absolute atomic E-state index is 0. The molecule has 2 heterocycles. The van der Waals surface area contributed by atoms with Gasteiger partial charge >= 0.3 is 0 Å². The van der Waals surface area contributed by atoms with Gasteiger partial charge in [-0.15, -0.1) is 35.3 Å². The van der Waals surface area contributed by atoms with E-state index in [0.29, 0.717) is 19.0 Å². The number of rotatable bonds is 7. The van der Waals surface area contributed by atoms with Crippen molar-refractivity contribution in [2.75, 3.05) is 13.1 Å². The zero-order chi connectivity index (χ0) is 20.8. The number of thiophene rings is 1. The van der Waals surface area contributed by atoms with Crippen LogP contribution in [0.15, 0.2) is 78.0 Å². The molecule has 0 saturated heterocycles. The number of fused-ring (bicyclic) bond motifs is 1. The van der Waals surface area contributed by atoms with Crippen molar-refractivity contribution in [3.63, 3.8) is 0 Å². The van der Waals surface area contributed by atoms with Gasteiger partial charge in [-0.3, -0.25) is 0 Å².